The molecule has 0 bridgehead atoms. The maximum atomic E-state index is 12.3. The standard InChI is InChI=1S/C28H34N4O3S/c1-19-15-26(32(2)14-13-20-9-12-24(34-3)25(16-20)35-4)31-28(30-19)36-18-22-7-10-23(11-8-22)27(33)29-17-21-5-6-21/h7-12,15-16,21H,5-6,13-14,17-18H2,1-4H3,(H,29,33). The van der Waals surface area contributed by atoms with E-state index in [1.54, 1.807) is 26.0 Å². The molecular formula is C28H34N4O3S. The molecule has 0 atom stereocenters. The molecule has 1 aliphatic carbocycles. The number of aryl methyl sites for hydroxylation is 1. The zero-order valence-corrected chi connectivity index (χ0v) is 22.2. The van der Waals surface area contributed by atoms with Gasteiger partial charge in [0, 0.05) is 43.2 Å². The average Bonchev–Trinajstić information content (AvgIpc) is 3.73. The second-order valence-electron chi connectivity index (χ2n) is 9.15. The highest BCUT2D eigenvalue weighted by molar-refractivity contribution is 7.98. The van der Waals surface area contributed by atoms with Crippen LogP contribution in [0.3, 0.4) is 0 Å². The molecule has 2 aromatic carbocycles. The number of hydrogen-bond donors (Lipinski definition) is 1. The minimum absolute atomic E-state index is 0.00360. The largest absolute Gasteiger partial charge is 0.493 e. The van der Waals surface area contributed by atoms with Gasteiger partial charge in [0.15, 0.2) is 16.7 Å². The number of anilines is 1. The summed E-state index contributed by atoms with van der Waals surface area (Å²) in [6.07, 6.45) is 3.31. The number of hydrogen-bond acceptors (Lipinski definition) is 7. The minimum Gasteiger partial charge on any atom is -0.493 e. The molecule has 1 amide bonds. The molecule has 1 fully saturated rings. The maximum Gasteiger partial charge on any atom is 0.251 e. The maximum absolute atomic E-state index is 12.3. The molecule has 1 aliphatic rings. The van der Waals surface area contributed by atoms with Gasteiger partial charge in [-0.25, -0.2) is 9.97 Å². The highest BCUT2D eigenvalue weighted by Crippen LogP contribution is 2.29. The monoisotopic (exact) mass is 506 g/mol. The summed E-state index contributed by atoms with van der Waals surface area (Å²) in [6, 6.07) is 15.8. The van der Waals surface area contributed by atoms with Gasteiger partial charge in [-0.2, -0.15) is 0 Å². The van der Waals surface area contributed by atoms with E-state index in [0.29, 0.717) is 11.5 Å². The first-order chi connectivity index (χ1) is 17.4. The van der Waals surface area contributed by atoms with Crippen LogP contribution in [0.1, 0.15) is 40.0 Å². The van der Waals surface area contributed by atoms with Gasteiger partial charge < -0.3 is 19.7 Å². The first-order valence-corrected chi connectivity index (χ1v) is 13.2. The lowest BCUT2D eigenvalue weighted by molar-refractivity contribution is 0.0952. The van der Waals surface area contributed by atoms with Gasteiger partial charge in [0.2, 0.25) is 0 Å². The Morgan fingerprint density at radius 2 is 1.75 bits per heavy atom. The number of aromatic nitrogens is 2. The lowest BCUT2D eigenvalue weighted by atomic mass is 10.1. The van der Waals surface area contributed by atoms with Crippen LogP contribution in [0, 0.1) is 12.8 Å². The van der Waals surface area contributed by atoms with Crippen molar-refractivity contribution in [3.05, 3.63) is 70.9 Å². The van der Waals surface area contributed by atoms with Gasteiger partial charge in [-0.15, -0.1) is 0 Å². The Labute approximate surface area is 217 Å². The van der Waals surface area contributed by atoms with Crippen molar-refractivity contribution >= 4 is 23.5 Å². The predicted molar refractivity (Wildman–Crippen MR) is 144 cm³/mol. The van der Waals surface area contributed by atoms with E-state index >= 15 is 0 Å². The average molecular weight is 507 g/mol. The van der Waals surface area contributed by atoms with E-state index in [1.807, 2.05) is 56.4 Å². The Morgan fingerprint density at radius 1 is 1.03 bits per heavy atom. The molecule has 8 heteroatoms. The van der Waals surface area contributed by atoms with Crippen LogP contribution in [0.2, 0.25) is 0 Å². The number of methoxy groups -OCH3 is 2. The zero-order valence-electron chi connectivity index (χ0n) is 21.4. The summed E-state index contributed by atoms with van der Waals surface area (Å²) in [7, 11) is 5.34. The highest BCUT2D eigenvalue weighted by Gasteiger charge is 2.21. The van der Waals surface area contributed by atoms with Crippen molar-refractivity contribution in [2.45, 2.75) is 37.1 Å². The van der Waals surface area contributed by atoms with Crippen molar-refractivity contribution in [1.82, 2.24) is 15.3 Å². The topological polar surface area (TPSA) is 76.6 Å². The summed E-state index contributed by atoms with van der Waals surface area (Å²) in [6.45, 7) is 3.58. The third kappa shape index (κ3) is 7.13. The number of nitrogens with one attached hydrogen (secondary N) is 1. The van der Waals surface area contributed by atoms with E-state index in [-0.39, 0.29) is 5.91 Å². The molecule has 4 rings (SSSR count). The second kappa shape index (κ2) is 12.1. The Kier molecular flexibility index (Phi) is 8.70. The van der Waals surface area contributed by atoms with Crippen LogP contribution < -0.4 is 19.7 Å². The highest BCUT2D eigenvalue weighted by atomic mass is 32.2. The summed E-state index contributed by atoms with van der Waals surface area (Å²) < 4.78 is 10.8. The van der Waals surface area contributed by atoms with E-state index in [2.05, 4.69) is 21.3 Å². The molecule has 36 heavy (non-hydrogen) atoms. The number of carbonyl (C=O) groups is 1. The molecule has 190 valence electrons. The van der Waals surface area contributed by atoms with Gasteiger partial charge in [-0.05, 0) is 67.5 Å². The van der Waals surface area contributed by atoms with Crippen molar-refractivity contribution in [3.63, 3.8) is 0 Å². The second-order valence-corrected chi connectivity index (χ2v) is 10.1. The Hall–Kier alpha value is -3.26. The van der Waals surface area contributed by atoms with Gasteiger partial charge >= 0.3 is 0 Å². The quantitative estimate of drug-likeness (QED) is 0.276. The van der Waals surface area contributed by atoms with E-state index < -0.39 is 0 Å². The third-order valence-corrected chi connectivity index (χ3v) is 7.15. The molecule has 7 nitrogen and oxygen atoms in total. The molecule has 0 unspecified atom stereocenters. The Balaban J connectivity index is 1.32. The normalized spacial score (nSPS) is 12.8. The molecule has 3 aromatic rings. The molecule has 0 spiro atoms. The first-order valence-electron chi connectivity index (χ1n) is 12.2. The lowest BCUT2D eigenvalue weighted by Gasteiger charge is -2.19. The minimum atomic E-state index is 0.00360. The first kappa shape index (κ1) is 25.8. The molecule has 1 N–H and O–H groups in total. The van der Waals surface area contributed by atoms with Crippen molar-refractivity contribution in [1.29, 1.82) is 0 Å². The van der Waals surface area contributed by atoms with Gasteiger partial charge in [-0.1, -0.05) is 30.0 Å². The zero-order chi connectivity index (χ0) is 25.5. The third-order valence-electron chi connectivity index (χ3n) is 6.23. The van der Waals surface area contributed by atoms with Crippen LogP contribution in [0.15, 0.2) is 53.7 Å². The number of nitrogens with zero attached hydrogens (tertiary/aromatic N) is 3. The molecule has 1 saturated carbocycles. The van der Waals surface area contributed by atoms with Crippen LogP contribution in [-0.2, 0) is 12.2 Å². The van der Waals surface area contributed by atoms with E-state index in [1.165, 1.54) is 18.4 Å². The number of benzene rings is 2. The Morgan fingerprint density at radius 3 is 2.44 bits per heavy atom. The van der Waals surface area contributed by atoms with E-state index in [0.717, 1.165) is 59.0 Å². The van der Waals surface area contributed by atoms with Crippen LogP contribution in [-0.4, -0.2) is 50.2 Å². The fraction of sp³-hybridized carbons (Fsp3) is 0.393. The number of thioether (sulfide) groups is 1. The van der Waals surface area contributed by atoms with Gasteiger partial charge in [0.1, 0.15) is 5.82 Å². The number of ether oxygens (including phenoxy) is 2. The molecule has 0 saturated heterocycles. The van der Waals surface area contributed by atoms with Gasteiger partial charge in [0.05, 0.1) is 14.2 Å². The summed E-state index contributed by atoms with van der Waals surface area (Å²) in [5, 5.41) is 3.76. The summed E-state index contributed by atoms with van der Waals surface area (Å²) in [5.41, 5.74) is 3.94. The van der Waals surface area contributed by atoms with E-state index in [4.69, 9.17) is 14.5 Å². The molecule has 0 aliphatic heterocycles. The van der Waals surface area contributed by atoms with Crippen LogP contribution >= 0.6 is 11.8 Å². The molecular weight excluding hydrogens is 472 g/mol. The number of carbonyl (C=O) groups excluding carboxylic acids is 1. The number of likely N-dealkylation sites (N-methyl/N-ethyl adjacent to an activating group) is 1. The smallest absolute Gasteiger partial charge is 0.251 e. The van der Waals surface area contributed by atoms with Crippen molar-refractivity contribution in [2.75, 3.05) is 39.3 Å². The van der Waals surface area contributed by atoms with Crippen molar-refractivity contribution in [2.24, 2.45) is 5.92 Å². The molecule has 1 aromatic heterocycles. The summed E-state index contributed by atoms with van der Waals surface area (Å²) in [4.78, 5) is 23.8. The predicted octanol–water partition coefficient (Wildman–Crippen LogP) is 4.91. The van der Waals surface area contributed by atoms with Crippen LogP contribution in [0.5, 0.6) is 11.5 Å². The molecule has 1 heterocycles. The van der Waals surface area contributed by atoms with Gasteiger partial charge in [0.25, 0.3) is 5.91 Å². The van der Waals surface area contributed by atoms with E-state index in [9.17, 15) is 4.79 Å². The number of amides is 1. The summed E-state index contributed by atoms with van der Waals surface area (Å²) >= 11 is 1.60. The van der Waals surface area contributed by atoms with Crippen molar-refractivity contribution < 1.29 is 14.3 Å². The lowest BCUT2D eigenvalue weighted by Crippen LogP contribution is -2.25. The molecule has 0 radical (unpaired) electrons. The fourth-order valence-electron chi connectivity index (χ4n) is 3.79. The fourth-order valence-corrected chi connectivity index (χ4v) is 4.65. The SMILES string of the molecule is COc1ccc(CCN(C)c2cc(C)nc(SCc3ccc(C(=O)NCC4CC4)cc3)n2)cc1OC. The number of rotatable bonds is 12. The van der Waals surface area contributed by atoms with Crippen molar-refractivity contribution in [3.8, 4) is 11.5 Å². The van der Waals surface area contributed by atoms with Crippen LogP contribution in [0.4, 0.5) is 5.82 Å². The van der Waals surface area contributed by atoms with Gasteiger partial charge in [-0.3, -0.25) is 4.79 Å². The van der Waals surface area contributed by atoms with Crippen LogP contribution in [0.25, 0.3) is 0 Å². The summed E-state index contributed by atoms with van der Waals surface area (Å²) in [5.74, 6) is 3.78. The Bertz CT molecular complexity index is 1180.